The van der Waals surface area contributed by atoms with Gasteiger partial charge in [-0.2, -0.15) is 0 Å². The van der Waals surface area contributed by atoms with Crippen molar-refractivity contribution in [3.63, 3.8) is 0 Å². The Bertz CT molecular complexity index is 1150. The fourth-order valence-electron chi connectivity index (χ4n) is 4.73. The maximum Gasteiger partial charge on any atom is 0.186 e. The number of hydrogen-bond donors (Lipinski definition) is 0. The third-order valence-electron chi connectivity index (χ3n) is 6.52. The smallest absolute Gasteiger partial charge is 0.186 e. The number of fused-ring (bicyclic) bond motifs is 3. The van der Waals surface area contributed by atoms with Crippen molar-refractivity contribution in [1.82, 2.24) is 0 Å². The van der Waals surface area contributed by atoms with Gasteiger partial charge >= 0.3 is 0 Å². The summed E-state index contributed by atoms with van der Waals surface area (Å²) in [6.07, 6.45) is -4.03. The molecule has 188 valence electrons. The van der Waals surface area contributed by atoms with E-state index in [0.717, 1.165) is 16.7 Å². The van der Waals surface area contributed by atoms with E-state index in [4.69, 9.17) is 63.2 Å². The monoisotopic (exact) mass is 548 g/mol. The van der Waals surface area contributed by atoms with Gasteiger partial charge in [0.05, 0.1) is 13.2 Å². The lowest BCUT2D eigenvalue weighted by atomic mass is 10.0. The molecular weight excluding hydrogens is 527 g/mol. The SMILES string of the molecule is Clc1ccccc1C1OC[C@@H]2OC(c3ccccc3Cl)O[C@@H]2[C@H]2OC(c3ccccc3Cl)O[C@@H]2CO1. The Labute approximate surface area is 223 Å². The molecular formula is C27H23Cl3O6. The van der Waals surface area contributed by atoms with E-state index < -0.39 is 43.3 Å². The van der Waals surface area contributed by atoms with Gasteiger partial charge in [-0.05, 0) is 18.2 Å². The summed E-state index contributed by atoms with van der Waals surface area (Å²) in [6.45, 7) is 0.371. The molecule has 0 aromatic heterocycles. The van der Waals surface area contributed by atoms with Gasteiger partial charge in [0.2, 0.25) is 0 Å². The van der Waals surface area contributed by atoms with E-state index in [1.165, 1.54) is 0 Å². The second-order valence-corrected chi connectivity index (χ2v) is 10.00. The van der Waals surface area contributed by atoms with E-state index in [-0.39, 0.29) is 13.2 Å². The standard InChI is InChI=1S/C27H23Cl3O6/c28-18-10-4-1-7-15(18)25-31-13-21-23(35-26(33-21)16-8-2-5-11-19(16)29)24-22(14-32-25)34-27(36-24)17-9-3-6-12-20(17)30/h1-12,21-27H,13-14H2/t21-,22+,23-,24-,25?,26?,27?/m0/s1. The van der Waals surface area contributed by atoms with E-state index >= 15 is 0 Å². The van der Waals surface area contributed by atoms with Crippen LogP contribution in [0.15, 0.2) is 72.8 Å². The fraction of sp³-hybridized carbons (Fsp3) is 0.333. The van der Waals surface area contributed by atoms with Crippen LogP contribution in [0.25, 0.3) is 0 Å². The van der Waals surface area contributed by atoms with Crippen molar-refractivity contribution in [2.24, 2.45) is 0 Å². The van der Waals surface area contributed by atoms with E-state index in [1.54, 1.807) is 18.2 Å². The number of halogens is 3. The largest absolute Gasteiger partial charge is 0.346 e. The van der Waals surface area contributed by atoms with Gasteiger partial charge in [0.15, 0.2) is 18.9 Å². The van der Waals surface area contributed by atoms with Gasteiger partial charge in [-0.25, -0.2) is 0 Å². The van der Waals surface area contributed by atoms with Crippen LogP contribution in [0.3, 0.4) is 0 Å². The second kappa shape index (κ2) is 10.6. The Morgan fingerprint density at radius 3 is 1.22 bits per heavy atom. The summed E-state index contributed by atoms with van der Waals surface area (Å²) in [5, 5.41) is 1.66. The summed E-state index contributed by atoms with van der Waals surface area (Å²) in [5.41, 5.74) is 2.19. The molecule has 3 aromatic carbocycles. The zero-order valence-electron chi connectivity index (χ0n) is 19.0. The lowest BCUT2D eigenvalue weighted by molar-refractivity contribution is -0.180. The third kappa shape index (κ3) is 4.78. The van der Waals surface area contributed by atoms with Crippen LogP contribution in [0.2, 0.25) is 15.1 Å². The van der Waals surface area contributed by atoms with Crippen LogP contribution < -0.4 is 0 Å². The molecule has 0 bridgehead atoms. The number of ether oxygens (including phenoxy) is 6. The highest BCUT2D eigenvalue weighted by molar-refractivity contribution is 6.32. The highest BCUT2D eigenvalue weighted by Crippen LogP contribution is 2.44. The first-order valence-corrected chi connectivity index (χ1v) is 12.8. The van der Waals surface area contributed by atoms with E-state index in [0.29, 0.717) is 15.1 Å². The maximum atomic E-state index is 6.46. The minimum Gasteiger partial charge on any atom is -0.346 e. The summed E-state index contributed by atoms with van der Waals surface area (Å²) in [4.78, 5) is 0. The topological polar surface area (TPSA) is 55.4 Å². The fourth-order valence-corrected chi connectivity index (χ4v) is 5.40. The molecule has 6 rings (SSSR count). The normalized spacial score (nSPS) is 32.2. The van der Waals surface area contributed by atoms with Crippen LogP contribution in [0.4, 0.5) is 0 Å². The Morgan fingerprint density at radius 1 is 0.472 bits per heavy atom. The zero-order valence-corrected chi connectivity index (χ0v) is 21.2. The average Bonchev–Trinajstić information content (AvgIpc) is 3.50. The Morgan fingerprint density at radius 2 is 0.833 bits per heavy atom. The van der Waals surface area contributed by atoms with Crippen LogP contribution in [-0.4, -0.2) is 37.6 Å². The molecule has 3 aliphatic rings. The molecule has 9 heteroatoms. The van der Waals surface area contributed by atoms with Gasteiger partial charge < -0.3 is 28.4 Å². The summed E-state index contributed by atoms with van der Waals surface area (Å²) in [7, 11) is 0. The minimum atomic E-state index is -0.718. The van der Waals surface area contributed by atoms with Gasteiger partial charge in [0.25, 0.3) is 0 Å². The minimum absolute atomic E-state index is 0.185. The summed E-state index contributed by atoms with van der Waals surface area (Å²) in [5.74, 6) is 0. The van der Waals surface area contributed by atoms with Gasteiger partial charge in [-0.1, -0.05) is 89.4 Å². The lowest BCUT2D eigenvalue weighted by Crippen LogP contribution is -2.43. The Hall–Kier alpha value is -1.71. The van der Waals surface area contributed by atoms with Crippen molar-refractivity contribution < 1.29 is 28.4 Å². The van der Waals surface area contributed by atoms with Crippen molar-refractivity contribution in [1.29, 1.82) is 0 Å². The Kier molecular flexibility index (Phi) is 7.23. The molecule has 6 nitrogen and oxygen atoms in total. The van der Waals surface area contributed by atoms with Crippen LogP contribution in [0.5, 0.6) is 0 Å². The molecule has 3 saturated heterocycles. The van der Waals surface area contributed by atoms with Crippen molar-refractivity contribution in [2.75, 3.05) is 13.2 Å². The molecule has 0 spiro atoms. The average molecular weight is 550 g/mol. The van der Waals surface area contributed by atoms with Gasteiger partial charge in [-0.15, -0.1) is 0 Å². The van der Waals surface area contributed by atoms with Crippen LogP contribution in [0, 0.1) is 0 Å². The van der Waals surface area contributed by atoms with Crippen LogP contribution in [-0.2, 0) is 28.4 Å². The molecule has 3 aromatic rings. The molecule has 36 heavy (non-hydrogen) atoms. The first-order chi connectivity index (χ1) is 17.6. The van der Waals surface area contributed by atoms with Crippen molar-refractivity contribution >= 4 is 34.8 Å². The molecule has 0 aliphatic carbocycles. The zero-order chi connectivity index (χ0) is 24.6. The Balaban J connectivity index is 1.32. The van der Waals surface area contributed by atoms with Crippen molar-refractivity contribution in [3.05, 3.63) is 105 Å². The molecule has 0 N–H and O–H groups in total. The molecule has 3 heterocycles. The quantitative estimate of drug-likeness (QED) is 0.364. The molecule has 0 radical (unpaired) electrons. The summed E-state index contributed by atoms with van der Waals surface area (Å²) < 4.78 is 37.8. The number of hydrogen-bond acceptors (Lipinski definition) is 6. The molecule has 7 atom stereocenters. The summed E-state index contributed by atoms with van der Waals surface area (Å²) >= 11 is 19.4. The van der Waals surface area contributed by atoms with Gasteiger partial charge in [0, 0.05) is 31.8 Å². The number of benzene rings is 3. The first-order valence-electron chi connectivity index (χ1n) is 11.7. The molecule has 0 saturated carbocycles. The molecule has 3 aliphatic heterocycles. The predicted octanol–water partition coefficient (Wildman–Crippen LogP) is 6.66. The van der Waals surface area contributed by atoms with E-state index in [2.05, 4.69) is 0 Å². The van der Waals surface area contributed by atoms with Crippen molar-refractivity contribution in [2.45, 2.75) is 43.3 Å². The van der Waals surface area contributed by atoms with Gasteiger partial charge in [-0.3, -0.25) is 0 Å². The molecule has 3 fully saturated rings. The third-order valence-corrected chi connectivity index (χ3v) is 7.55. The highest BCUT2D eigenvalue weighted by Gasteiger charge is 2.52. The lowest BCUT2D eigenvalue weighted by Gasteiger charge is -2.23. The van der Waals surface area contributed by atoms with Crippen LogP contribution in [0.1, 0.15) is 35.6 Å². The second-order valence-electron chi connectivity index (χ2n) is 8.78. The van der Waals surface area contributed by atoms with Crippen molar-refractivity contribution in [3.8, 4) is 0 Å². The maximum absolute atomic E-state index is 6.46. The van der Waals surface area contributed by atoms with Gasteiger partial charge in [0.1, 0.15) is 24.4 Å². The summed E-state index contributed by atoms with van der Waals surface area (Å²) in [6, 6.07) is 22.3. The first kappa shape index (κ1) is 24.6. The van der Waals surface area contributed by atoms with Crippen LogP contribution >= 0.6 is 34.8 Å². The molecule has 3 unspecified atom stereocenters. The predicted molar refractivity (Wildman–Crippen MR) is 134 cm³/mol. The number of rotatable bonds is 3. The van der Waals surface area contributed by atoms with E-state index in [1.807, 2.05) is 54.6 Å². The van der Waals surface area contributed by atoms with E-state index in [9.17, 15) is 0 Å². The molecule has 0 amide bonds. The highest BCUT2D eigenvalue weighted by atomic mass is 35.5.